The zero-order chi connectivity index (χ0) is 22.8. The zero-order valence-electron chi connectivity index (χ0n) is 18.2. The van der Waals surface area contributed by atoms with Crippen molar-refractivity contribution in [1.82, 2.24) is 14.3 Å². The van der Waals surface area contributed by atoms with Gasteiger partial charge in [0.05, 0.1) is 38.6 Å². The summed E-state index contributed by atoms with van der Waals surface area (Å²) in [7, 11) is 4.48. The highest BCUT2D eigenvalue weighted by atomic mass is 16.5. The molecule has 0 spiro atoms. The van der Waals surface area contributed by atoms with Crippen molar-refractivity contribution in [1.29, 1.82) is 0 Å². The van der Waals surface area contributed by atoms with Gasteiger partial charge in [-0.15, -0.1) is 0 Å². The molecule has 1 unspecified atom stereocenters. The van der Waals surface area contributed by atoms with Crippen molar-refractivity contribution in [2.45, 2.75) is 13.0 Å². The van der Waals surface area contributed by atoms with Gasteiger partial charge in [-0.1, -0.05) is 12.1 Å². The fourth-order valence-electron chi connectivity index (χ4n) is 3.56. The smallest absolute Gasteiger partial charge is 0.341 e. The average molecular weight is 433 g/mol. The number of rotatable bonds is 6. The lowest BCUT2D eigenvalue weighted by atomic mass is 10.1. The summed E-state index contributed by atoms with van der Waals surface area (Å²) in [5.41, 5.74) is 2.06. The van der Waals surface area contributed by atoms with Crippen LogP contribution in [-0.2, 0) is 4.74 Å². The van der Waals surface area contributed by atoms with Gasteiger partial charge in [-0.3, -0.25) is 4.79 Å². The van der Waals surface area contributed by atoms with Gasteiger partial charge in [-0.25, -0.2) is 4.79 Å². The van der Waals surface area contributed by atoms with Crippen molar-refractivity contribution in [3.8, 4) is 28.4 Å². The Balaban J connectivity index is 1.86. The summed E-state index contributed by atoms with van der Waals surface area (Å²) in [5, 5.41) is 4.44. The largest absolute Gasteiger partial charge is 0.497 e. The second-order valence-corrected chi connectivity index (χ2v) is 7.24. The Kier molecular flexibility index (Phi) is 5.68. The summed E-state index contributed by atoms with van der Waals surface area (Å²) in [5.74, 6) is 0.851. The molecule has 0 N–H and O–H groups in total. The summed E-state index contributed by atoms with van der Waals surface area (Å²) in [6.07, 6.45) is 3.37. The fourth-order valence-corrected chi connectivity index (χ4v) is 3.56. The van der Waals surface area contributed by atoms with Crippen molar-refractivity contribution in [3.05, 3.63) is 82.4 Å². The van der Waals surface area contributed by atoms with Gasteiger partial charge in [-0.2, -0.15) is 9.78 Å². The third kappa shape index (κ3) is 3.71. The van der Waals surface area contributed by atoms with E-state index in [1.807, 2.05) is 35.8 Å². The van der Waals surface area contributed by atoms with Crippen LogP contribution >= 0.6 is 0 Å². The van der Waals surface area contributed by atoms with Crippen LogP contribution in [-0.4, -0.2) is 41.6 Å². The number of hydrogen-bond acceptors (Lipinski definition) is 6. The van der Waals surface area contributed by atoms with Crippen molar-refractivity contribution in [2.24, 2.45) is 0 Å². The van der Waals surface area contributed by atoms with E-state index in [1.54, 1.807) is 50.9 Å². The minimum absolute atomic E-state index is 0.155. The maximum atomic E-state index is 13.2. The summed E-state index contributed by atoms with van der Waals surface area (Å²) < 4.78 is 18.5. The highest BCUT2D eigenvalue weighted by Crippen LogP contribution is 2.28. The van der Waals surface area contributed by atoms with Crippen LogP contribution in [0.15, 0.2) is 65.7 Å². The first-order chi connectivity index (χ1) is 15.5. The summed E-state index contributed by atoms with van der Waals surface area (Å²) in [6, 6.07) is 14.4. The number of carbonyl (C=O) groups is 1. The van der Waals surface area contributed by atoms with E-state index >= 15 is 0 Å². The predicted octanol–water partition coefficient (Wildman–Crippen LogP) is 3.55. The molecule has 0 bridgehead atoms. The van der Waals surface area contributed by atoms with Crippen LogP contribution in [0.3, 0.4) is 0 Å². The van der Waals surface area contributed by atoms with E-state index in [4.69, 9.17) is 14.2 Å². The molecule has 2 aromatic rings. The SMILES string of the molecule is COC(=O)c1cn(C(C)c2ccc(OC)cc2)cc2c(=O)n(-c3ccc(OC)cc3)nc1-2. The van der Waals surface area contributed by atoms with E-state index in [-0.39, 0.29) is 22.9 Å². The molecule has 8 nitrogen and oxygen atoms in total. The Labute approximate surface area is 184 Å². The summed E-state index contributed by atoms with van der Waals surface area (Å²) in [4.78, 5) is 25.8. The summed E-state index contributed by atoms with van der Waals surface area (Å²) in [6.45, 7) is 1.98. The van der Waals surface area contributed by atoms with Gasteiger partial charge in [0.2, 0.25) is 0 Å². The molecule has 0 aliphatic carbocycles. The number of esters is 1. The van der Waals surface area contributed by atoms with Crippen LogP contribution in [0.2, 0.25) is 0 Å². The van der Waals surface area contributed by atoms with E-state index < -0.39 is 5.97 Å². The molecule has 2 aliphatic rings. The number of methoxy groups -OCH3 is 3. The molecular formula is C24H23N3O5. The van der Waals surface area contributed by atoms with Crippen LogP contribution < -0.4 is 15.0 Å². The molecule has 2 aromatic carbocycles. The van der Waals surface area contributed by atoms with Gasteiger partial charge in [-0.05, 0) is 48.9 Å². The van der Waals surface area contributed by atoms with Gasteiger partial charge in [0.25, 0.3) is 5.56 Å². The van der Waals surface area contributed by atoms with Crippen LogP contribution in [0.1, 0.15) is 28.9 Å². The Morgan fingerprint density at radius 3 is 2.06 bits per heavy atom. The van der Waals surface area contributed by atoms with E-state index in [2.05, 4.69) is 5.10 Å². The number of pyridine rings is 1. The van der Waals surface area contributed by atoms with Crippen LogP contribution in [0, 0.1) is 0 Å². The van der Waals surface area contributed by atoms with Gasteiger partial charge < -0.3 is 18.8 Å². The fraction of sp³-hybridized carbons (Fsp3) is 0.208. The van der Waals surface area contributed by atoms with E-state index in [0.29, 0.717) is 17.0 Å². The van der Waals surface area contributed by atoms with E-state index in [0.717, 1.165) is 11.3 Å². The molecule has 0 saturated heterocycles. The summed E-state index contributed by atoms with van der Waals surface area (Å²) >= 11 is 0. The quantitative estimate of drug-likeness (QED) is 0.433. The van der Waals surface area contributed by atoms with E-state index in [1.165, 1.54) is 11.8 Å². The van der Waals surface area contributed by atoms with Gasteiger partial charge >= 0.3 is 5.97 Å². The molecule has 0 aromatic heterocycles. The molecule has 2 aliphatic heterocycles. The zero-order valence-corrected chi connectivity index (χ0v) is 18.2. The number of aromatic nitrogens is 3. The third-order valence-electron chi connectivity index (χ3n) is 5.46. The van der Waals surface area contributed by atoms with Crippen molar-refractivity contribution in [3.63, 3.8) is 0 Å². The first kappa shape index (κ1) is 21.2. The number of fused-ring (bicyclic) bond motifs is 1. The second kappa shape index (κ2) is 8.58. The van der Waals surface area contributed by atoms with Gasteiger partial charge in [0, 0.05) is 12.4 Å². The predicted molar refractivity (Wildman–Crippen MR) is 119 cm³/mol. The van der Waals surface area contributed by atoms with Crippen molar-refractivity contribution in [2.75, 3.05) is 21.3 Å². The Morgan fingerprint density at radius 2 is 1.50 bits per heavy atom. The standard InChI is InChI=1S/C24H23N3O5/c1-15(16-5-9-18(30-2)10-6-16)26-13-20-22(21(14-26)24(29)32-4)25-27(23(20)28)17-7-11-19(31-3)12-8-17/h5-15H,1-4H3. The lowest BCUT2D eigenvalue weighted by Crippen LogP contribution is -2.17. The lowest BCUT2D eigenvalue weighted by Gasteiger charge is -2.19. The second-order valence-electron chi connectivity index (χ2n) is 7.24. The Morgan fingerprint density at radius 1 is 0.906 bits per heavy atom. The molecule has 32 heavy (non-hydrogen) atoms. The Bertz CT molecular complexity index is 1270. The number of benzene rings is 2. The molecule has 0 amide bonds. The number of nitrogens with zero attached hydrogens (tertiary/aromatic N) is 3. The molecule has 164 valence electrons. The lowest BCUT2D eigenvalue weighted by molar-refractivity contribution is 0.0600. The highest BCUT2D eigenvalue weighted by Gasteiger charge is 2.26. The monoisotopic (exact) mass is 433 g/mol. The molecule has 2 heterocycles. The number of carbonyl (C=O) groups excluding carboxylic acids is 1. The number of hydrogen-bond donors (Lipinski definition) is 0. The first-order valence-corrected chi connectivity index (χ1v) is 9.98. The maximum absolute atomic E-state index is 13.2. The molecule has 4 rings (SSSR count). The maximum Gasteiger partial charge on any atom is 0.341 e. The average Bonchev–Trinajstić information content (AvgIpc) is 3.18. The van der Waals surface area contributed by atoms with Crippen molar-refractivity contribution >= 4 is 5.97 Å². The molecule has 0 radical (unpaired) electrons. The van der Waals surface area contributed by atoms with Crippen LogP contribution in [0.25, 0.3) is 16.9 Å². The minimum Gasteiger partial charge on any atom is -0.497 e. The third-order valence-corrected chi connectivity index (χ3v) is 5.46. The van der Waals surface area contributed by atoms with E-state index in [9.17, 15) is 9.59 Å². The number of ether oxygens (including phenoxy) is 3. The molecule has 8 heteroatoms. The van der Waals surface area contributed by atoms with Crippen LogP contribution in [0.4, 0.5) is 0 Å². The molecule has 1 atom stereocenters. The molecule has 0 fully saturated rings. The normalized spacial score (nSPS) is 11.9. The highest BCUT2D eigenvalue weighted by molar-refractivity contribution is 5.96. The van der Waals surface area contributed by atoms with Gasteiger partial charge in [0.15, 0.2) is 0 Å². The van der Waals surface area contributed by atoms with Crippen molar-refractivity contribution < 1.29 is 19.0 Å². The molecular weight excluding hydrogens is 410 g/mol. The van der Waals surface area contributed by atoms with Gasteiger partial charge in [0.1, 0.15) is 22.8 Å². The van der Waals surface area contributed by atoms with Crippen LogP contribution in [0.5, 0.6) is 11.5 Å². The topological polar surface area (TPSA) is 84.6 Å². The first-order valence-electron chi connectivity index (χ1n) is 9.98. The molecule has 0 saturated carbocycles. The Hall–Kier alpha value is -4.07. The minimum atomic E-state index is -0.564.